The molecule has 5 nitrogen and oxygen atoms in total. The average molecular weight is 432 g/mol. The Bertz CT molecular complexity index is 972. The van der Waals surface area contributed by atoms with Crippen LogP contribution < -0.4 is 15.4 Å². The van der Waals surface area contributed by atoms with Crippen LogP contribution in [0.5, 0.6) is 0 Å². The summed E-state index contributed by atoms with van der Waals surface area (Å²) in [4.78, 5) is 0. The lowest BCUT2D eigenvalue weighted by molar-refractivity contribution is 0.589. The Morgan fingerprint density at radius 1 is 1.03 bits per heavy atom. The largest absolute Gasteiger partial charge is 0.359 e. The zero-order chi connectivity index (χ0) is 21.3. The van der Waals surface area contributed by atoms with Crippen molar-refractivity contribution in [3.05, 3.63) is 65.2 Å². The molecule has 1 aliphatic carbocycles. The third-order valence-corrected chi connectivity index (χ3v) is 5.97. The molecule has 0 aliphatic heterocycles. The van der Waals surface area contributed by atoms with E-state index in [2.05, 4.69) is 60.4 Å². The van der Waals surface area contributed by atoms with E-state index in [-0.39, 0.29) is 11.0 Å². The number of hydrogen-bond acceptors (Lipinski definition) is 3. The van der Waals surface area contributed by atoms with Gasteiger partial charge in [0.05, 0.1) is 11.8 Å². The maximum absolute atomic E-state index is 11.3. The van der Waals surface area contributed by atoms with Crippen LogP contribution in [-0.4, -0.2) is 19.8 Å². The van der Waals surface area contributed by atoms with Gasteiger partial charge in [-0.3, -0.25) is 4.72 Å². The van der Waals surface area contributed by atoms with Crippen LogP contribution in [0.25, 0.3) is 0 Å². The van der Waals surface area contributed by atoms with Crippen molar-refractivity contribution < 1.29 is 8.42 Å². The summed E-state index contributed by atoms with van der Waals surface area (Å²) in [5.41, 5.74) is 4.15. The van der Waals surface area contributed by atoms with Gasteiger partial charge >= 0.3 is 0 Å². The predicted molar refractivity (Wildman–Crippen MR) is 124 cm³/mol. The van der Waals surface area contributed by atoms with E-state index in [1.807, 2.05) is 12.1 Å². The molecule has 1 aliphatic rings. The summed E-state index contributed by atoms with van der Waals surface area (Å²) >= 11 is 5.51. The van der Waals surface area contributed by atoms with Crippen molar-refractivity contribution in [2.75, 3.05) is 11.0 Å². The van der Waals surface area contributed by atoms with E-state index in [1.165, 1.54) is 11.1 Å². The molecule has 0 unspecified atom stereocenters. The first-order valence-corrected chi connectivity index (χ1v) is 12.0. The summed E-state index contributed by atoms with van der Waals surface area (Å²) in [6.07, 6.45) is 3.13. The van der Waals surface area contributed by atoms with E-state index >= 15 is 0 Å². The molecule has 3 N–H and O–H groups in total. The summed E-state index contributed by atoms with van der Waals surface area (Å²) in [5.74, 6) is 0. The minimum absolute atomic E-state index is 0.146. The second-order valence-corrected chi connectivity index (χ2v) is 10.9. The molecule has 156 valence electrons. The average Bonchev–Trinajstić information content (AvgIpc) is 3.39. The highest BCUT2D eigenvalue weighted by Gasteiger charge is 2.44. The second kappa shape index (κ2) is 7.95. The van der Waals surface area contributed by atoms with Gasteiger partial charge in [0.25, 0.3) is 0 Å². The van der Waals surface area contributed by atoms with Gasteiger partial charge < -0.3 is 10.6 Å². The van der Waals surface area contributed by atoms with Crippen LogP contribution in [0, 0.1) is 0 Å². The number of benzene rings is 2. The minimum atomic E-state index is -3.27. The topological polar surface area (TPSA) is 70.2 Å². The number of sulfonamides is 1. The molecule has 7 heteroatoms. The highest BCUT2D eigenvalue weighted by atomic mass is 32.2. The van der Waals surface area contributed by atoms with Gasteiger partial charge in [0.2, 0.25) is 10.0 Å². The predicted octanol–water partition coefficient (Wildman–Crippen LogP) is 4.01. The first-order valence-electron chi connectivity index (χ1n) is 9.71. The summed E-state index contributed by atoms with van der Waals surface area (Å²) in [6, 6.07) is 16.1. The molecule has 0 saturated heterocycles. The lowest BCUT2D eigenvalue weighted by Crippen LogP contribution is -2.41. The first kappa shape index (κ1) is 21.6. The molecule has 0 radical (unpaired) electrons. The molecule has 0 amide bonds. The SMILES string of the molecule is CC(C)(C)c1ccc(CNC(=S)NC2(c3ccc(NS(C)(=O)=O)cc3)CC2)cc1. The third-order valence-electron chi connectivity index (χ3n) is 5.12. The summed E-state index contributed by atoms with van der Waals surface area (Å²) in [5, 5.41) is 7.36. The summed E-state index contributed by atoms with van der Waals surface area (Å²) < 4.78 is 25.2. The van der Waals surface area contributed by atoms with Gasteiger partial charge in [0.1, 0.15) is 0 Å². The lowest BCUT2D eigenvalue weighted by Gasteiger charge is -2.21. The molecular formula is C22H29N3O2S2. The Hall–Kier alpha value is -2.12. The van der Waals surface area contributed by atoms with Gasteiger partial charge in [-0.2, -0.15) is 0 Å². The van der Waals surface area contributed by atoms with Gasteiger partial charge in [-0.15, -0.1) is 0 Å². The fourth-order valence-corrected chi connectivity index (χ4v) is 4.08. The summed E-state index contributed by atoms with van der Waals surface area (Å²) in [7, 11) is -3.27. The van der Waals surface area contributed by atoms with Gasteiger partial charge in [0.15, 0.2) is 5.11 Å². The minimum Gasteiger partial charge on any atom is -0.359 e. The van der Waals surface area contributed by atoms with E-state index in [0.29, 0.717) is 17.3 Å². The molecule has 0 aromatic heterocycles. The zero-order valence-electron chi connectivity index (χ0n) is 17.4. The van der Waals surface area contributed by atoms with E-state index in [0.717, 1.165) is 24.7 Å². The molecule has 3 rings (SSSR count). The Morgan fingerprint density at radius 3 is 2.10 bits per heavy atom. The maximum Gasteiger partial charge on any atom is 0.229 e. The van der Waals surface area contributed by atoms with Crippen molar-refractivity contribution in [3.63, 3.8) is 0 Å². The molecular weight excluding hydrogens is 402 g/mol. The van der Waals surface area contributed by atoms with Gasteiger partial charge in [0, 0.05) is 12.2 Å². The fraction of sp³-hybridized carbons (Fsp3) is 0.409. The number of nitrogens with one attached hydrogen (secondary N) is 3. The second-order valence-electron chi connectivity index (χ2n) is 8.79. The highest BCUT2D eigenvalue weighted by molar-refractivity contribution is 7.92. The lowest BCUT2D eigenvalue weighted by atomic mass is 9.87. The standard InChI is InChI=1S/C22H29N3O2S2/c1-21(2,3)17-7-5-16(6-8-17)15-23-20(28)24-22(13-14-22)18-9-11-19(12-10-18)25-29(4,26)27/h5-12,25H,13-15H2,1-4H3,(H2,23,24,28). The van der Waals surface area contributed by atoms with Gasteiger partial charge in [-0.25, -0.2) is 8.42 Å². The zero-order valence-corrected chi connectivity index (χ0v) is 19.0. The molecule has 0 bridgehead atoms. The number of thiocarbonyl (C=S) groups is 1. The maximum atomic E-state index is 11.3. The Labute approximate surface area is 179 Å². The molecule has 0 atom stereocenters. The van der Waals surface area contributed by atoms with Gasteiger partial charge in [-0.1, -0.05) is 57.2 Å². The molecule has 29 heavy (non-hydrogen) atoms. The van der Waals surface area contributed by atoms with Crippen LogP contribution in [0.1, 0.15) is 50.3 Å². The van der Waals surface area contributed by atoms with E-state index in [9.17, 15) is 8.42 Å². The van der Waals surface area contributed by atoms with Crippen LogP contribution in [0.2, 0.25) is 0 Å². The highest BCUT2D eigenvalue weighted by Crippen LogP contribution is 2.45. The normalized spacial score (nSPS) is 15.4. The Morgan fingerprint density at radius 2 is 1.62 bits per heavy atom. The molecule has 0 heterocycles. The number of rotatable bonds is 6. The van der Waals surface area contributed by atoms with Crippen LogP contribution in [-0.2, 0) is 27.5 Å². The van der Waals surface area contributed by atoms with E-state index in [4.69, 9.17) is 12.2 Å². The smallest absolute Gasteiger partial charge is 0.229 e. The third kappa shape index (κ3) is 5.93. The molecule has 1 saturated carbocycles. The van der Waals surface area contributed by atoms with Crippen molar-refractivity contribution in [3.8, 4) is 0 Å². The molecule has 2 aromatic rings. The van der Waals surface area contributed by atoms with Crippen molar-refractivity contribution in [2.24, 2.45) is 0 Å². The summed E-state index contributed by atoms with van der Waals surface area (Å²) in [6.45, 7) is 7.29. The van der Waals surface area contributed by atoms with Crippen LogP contribution in [0.4, 0.5) is 5.69 Å². The van der Waals surface area contributed by atoms with Crippen molar-refractivity contribution in [1.82, 2.24) is 10.6 Å². The molecule has 2 aromatic carbocycles. The van der Waals surface area contributed by atoms with Crippen molar-refractivity contribution >= 4 is 33.0 Å². The Kier molecular flexibility index (Phi) is 5.92. The van der Waals surface area contributed by atoms with Gasteiger partial charge in [-0.05, 0) is 59.3 Å². The number of anilines is 1. The van der Waals surface area contributed by atoms with Crippen LogP contribution in [0.15, 0.2) is 48.5 Å². The van der Waals surface area contributed by atoms with Crippen LogP contribution >= 0.6 is 12.2 Å². The van der Waals surface area contributed by atoms with E-state index in [1.54, 1.807) is 12.1 Å². The first-order chi connectivity index (χ1) is 13.5. The van der Waals surface area contributed by atoms with Crippen molar-refractivity contribution in [1.29, 1.82) is 0 Å². The quantitative estimate of drug-likeness (QED) is 0.603. The monoisotopic (exact) mass is 431 g/mol. The van der Waals surface area contributed by atoms with Crippen molar-refractivity contribution in [2.45, 2.75) is 51.1 Å². The van der Waals surface area contributed by atoms with Crippen LogP contribution in [0.3, 0.4) is 0 Å². The molecule has 1 fully saturated rings. The fourth-order valence-electron chi connectivity index (χ4n) is 3.25. The molecule has 0 spiro atoms. The Balaban J connectivity index is 1.56. The number of hydrogen-bond donors (Lipinski definition) is 3. The van der Waals surface area contributed by atoms with E-state index < -0.39 is 10.0 Å².